The van der Waals surface area contributed by atoms with Crippen molar-refractivity contribution in [3.8, 4) is 12.3 Å². The number of terminal acetylenes is 1. The van der Waals surface area contributed by atoms with E-state index < -0.39 is 23.4 Å². The third-order valence-corrected chi connectivity index (χ3v) is 3.12. The van der Waals surface area contributed by atoms with Gasteiger partial charge in [0.15, 0.2) is 0 Å². The van der Waals surface area contributed by atoms with E-state index in [2.05, 4.69) is 11.2 Å². The molecule has 1 aliphatic rings. The van der Waals surface area contributed by atoms with E-state index in [-0.39, 0.29) is 12.1 Å². The van der Waals surface area contributed by atoms with Gasteiger partial charge in [0.25, 0.3) is 0 Å². The second kappa shape index (κ2) is 7.12. The van der Waals surface area contributed by atoms with Crippen molar-refractivity contribution in [2.24, 2.45) is 0 Å². The van der Waals surface area contributed by atoms with Crippen LogP contribution >= 0.6 is 0 Å². The molecule has 0 spiro atoms. The lowest BCUT2D eigenvalue weighted by Gasteiger charge is -2.27. The summed E-state index contributed by atoms with van der Waals surface area (Å²) in [5.41, 5.74) is -1.14. The van der Waals surface area contributed by atoms with E-state index in [4.69, 9.17) is 15.9 Å². The first-order valence-corrected chi connectivity index (χ1v) is 7.84. The lowest BCUT2D eigenvalue weighted by molar-refractivity contribution is 0.0221. The molecule has 0 aliphatic carbocycles. The molecule has 1 saturated heterocycles. The van der Waals surface area contributed by atoms with Gasteiger partial charge in [-0.3, -0.25) is 0 Å². The molecule has 1 fully saturated rings. The predicted octanol–water partition coefficient (Wildman–Crippen LogP) is 2.91. The number of hydrogen-bond donors (Lipinski definition) is 1. The van der Waals surface area contributed by atoms with Crippen molar-refractivity contribution in [3.05, 3.63) is 0 Å². The number of alkyl carbamates (subject to hydrolysis) is 1. The fourth-order valence-corrected chi connectivity index (χ4v) is 2.37. The second-order valence-electron chi connectivity index (χ2n) is 7.77. The van der Waals surface area contributed by atoms with Crippen molar-refractivity contribution in [3.63, 3.8) is 0 Å². The predicted molar refractivity (Wildman–Crippen MR) is 88.0 cm³/mol. The average molecular weight is 324 g/mol. The maximum Gasteiger partial charge on any atom is 0.410 e. The molecule has 1 heterocycles. The number of amides is 2. The summed E-state index contributed by atoms with van der Waals surface area (Å²) in [6, 6.07) is -0.342. The van der Waals surface area contributed by atoms with Crippen molar-refractivity contribution in [1.82, 2.24) is 10.2 Å². The Labute approximate surface area is 138 Å². The number of hydrogen-bond acceptors (Lipinski definition) is 4. The largest absolute Gasteiger partial charge is 0.444 e. The maximum absolute atomic E-state index is 12.3. The molecule has 1 N–H and O–H groups in total. The molecular weight excluding hydrogens is 296 g/mol. The number of likely N-dealkylation sites (tertiary alicyclic amines) is 1. The highest BCUT2D eigenvalue weighted by Crippen LogP contribution is 2.23. The molecule has 0 aromatic rings. The zero-order valence-electron chi connectivity index (χ0n) is 14.9. The molecule has 0 radical (unpaired) electrons. The number of carbonyl (C=O) groups is 2. The van der Waals surface area contributed by atoms with Crippen LogP contribution in [0.3, 0.4) is 0 Å². The lowest BCUT2D eigenvalue weighted by Crippen LogP contribution is -2.43. The highest BCUT2D eigenvalue weighted by Gasteiger charge is 2.38. The summed E-state index contributed by atoms with van der Waals surface area (Å²) >= 11 is 0. The van der Waals surface area contributed by atoms with Gasteiger partial charge in [-0.2, -0.15) is 0 Å². The molecule has 6 heteroatoms. The summed E-state index contributed by atoms with van der Waals surface area (Å²) in [5, 5.41) is 2.79. The number of nitrogens with one attached hydrogen (secondary N) is 1. The molecule has 0 aromatic heterocycles. The molecule has 6 nitrogen and oxygen atoms in total. The van der Waals surface area contributed by atoms with Crippen molar-refractivity contribution in [2.75, 3.05) is 6.54 Å². The van der Waals surface area contributed by atoms with Crippen LogP contribution in [-0.4, -0.2) is 46.9 Å². The fourth-order valence-electron chi connectivity index (χ4n) is 2.37. The zero-order valence-corrected chi connectivity index (χ0v) is 14.9. The van der Waals surface area contributed by atoms with Gasteiger partial charge < -0.3 is 19.7 Å². The minimum absolute atomic E-state index is 0.144. The summed E-state index contributed by atoms with van der Waals surface area (Å²) in [7, 11) is 0. The van der Waals surface area contributed by atoms with E-state index in [1.807, 2.05) is 20.8 Å². The van der Waals surface area contributed by atoms with Gasteiger partial charge in [-0.1, -0.05) is 0 Å². The summed E-state index contributed by atoms with van der Waals surface area (Å²) in [6.45, 7) is 11.2. The lowest BCUT2D eigenvalue weighted by atomic mass is 10.1. The molecule has 0 saturated carbocycles. The van der Waals surface area contributed by atoms with Crippen molar-refractivity contribution >= 4 is 12.2 Å². The zero-order chi connectivity index (χ0) is 17.8. The molecular formula is C17H28N2O4. The minimum atomic E-state index is -0.575. The third-order valence-electron chi connectivity index (χ3n) is 3.12. The van der Waals surface area contributed by atoms with E-state index in [1.54, 1.807) is 25.7 Å². The summed E-state index contributed by atoms with van der Waals surface area (Å²) in [5.74, 6) is 2.58. The molecule has 1 rings (SSSR count). The van der Waals surface area contributed by atoms with Crippen molar-refractivity contribution in [2.45, 2.75) is 77.7 Å². The summed E-state index contributed by atoms with van der Waals surface area (Å²) in [6.07, 6.45) is 5.49. The van der Waals surface area contributed by atoms with Crippen LogP contribution in [0.5, 0.6) is 0 Å². The van der Waals surface area contributed by atoms with Gasteiger partial charge >= 0.3 is 12.2 Å². The number of nitrogens with zero attached hydrogens (tertiary/aromatic N) is 1. The van der Waals surface area contributed by atoms with E-state index >= 15 is 0 Å². The van der Waals surface area contributed by atoms with Crippen LogP contribution in [0.15, 0.2) is 0 Å². The molecule has 0 unspecified atom stereocenters. The maximum atomic E-state index is 12.3. The number of rotatable bonds is 2. The first-order chi connectivity index (χ1) is 10.4. The van der Waals surface area contributed by atoms with Gasteiger partial charge in [-0.05, 0) is 48.0 Å². The quantitative estimate of drug-likeness (QED) is 0.793. The highest BCUT2D eigenvalue weighted by atomic mass is 16.6. The van der Waals surface area contributed by atoms with Crippen LogP contribution in [0.2, 0.25) is 0 Å². The Morgan fingerprint density at radius 1 is 1.17 bits per heavy atom. The SMILES string of the molecule is C#CC[C@H]1C[C@@H](NC(=O)OC(C)(C)C)CN1C(=O)OC(C)(C)C. The highest BCUT2D eigenvalue weighted by molar-refractivity contribution is 5.71. The van der Waals surface area contributed by atoms with Gasteiger partial charge in [0.2, 0.25) is 0 Å². The standard InChI is InChI=1S/C17H28N2O4/c1-8-9-13-10-12(18-14(20)22-16(2,3)4)11-19(13)15(21)23-17(5,6)7/h1,12-13H,9-11H2,2-7H3,(H,18,20)/t12-,13+/m1/s1. The Kier molecular flexibility index (Phi) is 5.92. The van der Waals surface area contributed by atoms with Crippen LogP contribution in [0.4, 0.5) is 9.59 Å². The second-order valence-corrected chi connectivity index (χ2v) is 7.77. The Morgan fingerprint density at radius 2 is 1.74 bits per heavy atom. The van der Waals surface area contributed by atoms with E-state index in [1.165, 1.54) is 0 Å². The van der Waals surface area contributed by atoms with E-state index in [9.17, 15) is 9.59 Å². The minimum Gasteiger partial charge on any atom is -0.444 e. The normalized spacial score (nSPS) is 21.5. The summed E-state index contributed by atoms with van der Waals surface area (Å²) in [4.78, 5) is 25.8. The van der Waals surface area contributed by atoms with E-state index in [0.717, 1.165) is 0 Å². The molecule has 2 atom stereocenters. The van der Waals surface area contributed by atoms with Crippen LogP contribution in [0.1, 0.15) is 54.4 Å². The Hall–Kier alpha value is -1.90. The molecule has 0 aromatic carbocycles. The van der Waals surface area contributed by atoms with Crippen LogP contribution in [-0.2, 0) is 9.47 Å². The first-order valence-electron chi connectivity index (χ1n) is 7.84. The smallest absolute Gasteiger partial charge is 0.410 e. The number of carbonyl (C=O) groups excluding carboxylic acids is 2. The van der Waals surface area contributed by atoms with Crippen molar-refractivity contribution in [1.29, 1.82) is 0 Å². The Bertz CT molecular complexity index is 482. The molecule has 2 amide bonds. The first kappa shape index (κ1) is 19.1. The fraction of sp³-hybridized carbons (Fsp3) is 0.765. The Balaban J connectivity index is 2.69. The third kappa shape index (κ3) is 6.81. The van der Waals surface area contributed by atoms with Gasteiger partial charge in [0.1, 0.15) is 11.2 Å². The van der Waals surface area contributed by atoms with Gasteiger partial charge in [0, 0.05) is 19.0 Å². The average Bonchev–Trinajstić information content (AvgIpc) is 2.67. The van der Waals surface area contributed by atoms with E-state index in [0.29, 0.717) is 19.4 Å². The molecule has 130 valence electrons. The van der Waals surface area contributed by atoms with Gasteiger partial charge in [-0.25, -0.2) is 9.59 Å². The van der Waals surface area contributed by atoms with Gasteiger partial charge in [0.05, 0.1) is 6.04 Å². The van der Waals surface area contributed by atoms with Crippen molar-refractivity contribution < 1.29 is 19.1 Å². The van der Waals surface area contributed by atoms with Crippen LogP contribution < -0.4 is 5.32 Å². The topological polar surface area (TPSA) is 67.9 Å². The monoisotopic (exact) mass is 324 g/mol. The summed E-state index contributed by atoms with van der Waals surface area (Å²) < 4.78 is 10.7. The molecule has 23 heavy (non-hydrogen) atoms. The molecule has 1 aliphatic heterocycles. The number of ether oxygens (including phenoxy) is 2. The Morgan fingerprint density at radius 3 is 2.22 bits per heavy atom. The van der Waals surface area contributed by atoms with Crippen LogP contribution in [0, 0.1) is 12.3 Å². The van der Waals surface area contributed by atoms with Gasteiger partial charge in [-0.15, -0.1) is 12.3 Å². The van der Waals surface area contributed by atoms with Crippen LogP contribution in [0.25, 0.3) is 0 Å². The molecule has 0 bridgehead atoms.